The van der Waals surface area contributed by atoms with Crippen molar-refractivity contribution in [1.82, 2.24) is 10.0 Å². The molecular weight excluding hydrogens is 340 g/mol. The maximum Gasteiger partial charge on any atom is 0.404 e. The average molecular weight is 362 g/mol. The van der Waals surface area contributed by atoms with E-state index in [9.17, 15) is 13.2 Å². The van der Waals surface area contributed by atoms with Crippen LogP contribution in [0.15, 0.2) is 29.2 Å². The molecule has 0 saturated carbocycles. The van der Waals surface area contributed by atoms with Gasteiger partial charge in [0.25, 0.3) is 0 Å². The van der Waals surface area contributed by atoms with Gasteiger partial charge in [0.15, 0.2) is 0 Å². The smallest absolute Gasteiger partial charge is 0.404 e. The Morgan fingerprint density at radius 3 is 2.21 bits per heavy atom. The Balaban J connectivity index is 2.08. The molecule has 136 valence electrons. The van der Waals surface area contributed by atoms with Crippen LogP contribution in [0.3, 0.4) is 0 Å². The zero-order chi connectivity index (χ0) is 17.8. The molecule has 10 heteroatoms. The molecule has 9 nitrogen and oxygen atoms in total. The number of nitrogens with one attached hydrogen (secondary N) is 2. The third-order valence-electron chi connectivity index (χ3n) is 2.79. The van der Waals surface area contributed by atoms with Crippen LogP contribution in [0.2, 0.25) is 0 Å². The molecule has 0 aromatic heterocycles. The van der Waals surface area contributed by atoms with Gasteiger partial charge in [0.05, 0.1) is 31.3 Å². The molecule has 1 aromatic carbocycles. The van der Waals surface area contributed by atoms with Crippen LogP contribution in [0.1, 0.15) is 0 Å². The molecule has 0 unspecified atom stereocenters. The van der Waals surface area contributed by atoms with Crippen molar-refractivity contribution in [1.29, 1.82) is 0 Å². The van der Waals surface area contributed by atoms with Crippen molar-refractivity contribution in [3.63, 3.8) is 0 Å². The molecule has 24 heavy (non-hydrogen) atoms. The van der Waals surface area contributed by atoms with Gasteiger partial charge in [0, 0.05) is 6.54 Å². The van der Waals surface area contributed by atoms with Crippen molar-refractivity contribution in [2.45, 2.75) is 4.90 Å². The summed E-state index contributed by atoms with van der Waals surface area (Å²) in [7, 11) is -2.09. The highest BCUT2D eigenvalue weighted by Crippen LogP contribution is 2.15. The van der Waals surface area contributed by atoms with Gasteiger partial charge in [-0.25, -0.2) is 17.9 Å². The molecule has 1 amide bonds. The molecule has 0 bridgehead atoms. The van der Waals surface area contributed by atoms with E-state index in [0.29, 0.717) is 32.2 Å². The lowest BCUT2D eigenvalue weighted by molar-refractivity contribution is 0.0373. The van der Waals surface area contributed by atoms with Crippen LogP contribution >= 0.6 is 0 Å². The monoisotopic (exact) mass is 362 g/mol. The van der Waals surface area contributed by atoms with E-state index in [4.69, 9.17) is 19.3 Å². The first-order valence-electron chi connectivity index (χ1n) is 7.24. The van der Waals surface area contributed by atoms with Crippen molar-refractivity contribution < 1.29 is 32.5 Å². The highest BCUT2D eigenvalue weighted by molar-refractivity contribution is 7.89. The standard InChI is InChI=1S/C14H22N2O7S/c1-15-24(19,20)13-4-2-12(3-5-13)23-11-10-22-9-8-21-7-6-16-14(17)18/h2-5,15-16H,6-11H2,1H3,(H,17,18). The Bertz CT molecular complexity index is 590. The van der Waals surface area contributed by atoms with E-state index in [1.165, 1.54) is 19.2 Å². The summed E-state index contributed by atoms with van der Waals surface area (Å²) in [5.41, 5.74) is 0. The summed E-state index contributed by atoms with van der Waals surface area (Å²) in [6.07, 6.45) is -1.08. The van der Waals surface area contributed by atoms with Gasteiger partial charge in [-0.15, -0.1) is 0 Å². The Kier molecular flexibility index (Phi) is 9.08. The number of rotatable bonds is 12. The number of hydrogen-bond acceptors (Lipinski definition) is 6. The van der Waals surface area contributed by atoms with E-state index in [1.54, 1.807) is 12.1 Å². The number of benzene rings is 1. The third kappa shape index (κ3) is 8.11. The lowest BCUT2D eigenvalue weighted by atomic mass is 10.3. The second-order valence-electron chi connectivity index (χ2n) is 4.48. The highest BCUT2D eigenvalue weighted by atomic mass is 32.2. The SMILES string of the molecule is CNS(=O)(=O)c1ccc(OCCOCCOCCNC(=O)O)cc1. The van der Waals surface area contributed by atoms with Crippen LogP contribution in [0.4, 0.5) is 4.79 Å². The summed E-state index contributed by atoms with van der Waals surface area (Å²) in [6.45, 7) is 1.92. The normalized spacial score (nSPS) is 11.2. The van der Waals surface area contributed by atoms with Gasteiger partial charge in [0.1, 0.15) is 12.4 Å². The van der Waals surface area contributed by atoms with Crippen LogP contribution in [-0.4, -0.2) is 66.2 Å². The molecule has 0 heterocycles. The maximum absolute atomic E-state index is 11.6. The van der Waals surface area contributed by atoms with Gasteiger partial charge in [0.2, 0.25) is 10.0 Å². The lowest BCUT2D eigenvalue weighted by Crippen LogP contribution is -2.25. The Hall–Kier alpha value is -1.88. The molecule has 0 atom stereocenters. The van der Waals surface area contributed by atoms with Gasteiger partial charge < -0.3 is 24.6 Å². The zero-order valence-corrected chi connectivity index (χ0v) is 14.2. The Morgan fingerprint density at radius 2 is 1.62 bits per heavy atom. The van der Waals surface area contributed by atoms with E-state index in [2.05, 4.69) is 10.0 Å². The Labute approximate surface area is 141 Å². The minimum absolute atomic E-state index is 0.170. The van der Waals surface area contributed by atoms with Crippen molar-refractivity contribution in [3.8, 4) is 5.75 Å². The number of carboxylic acid groups (broad SMARTS) is 1. The van der Waals surface area contributed by atoms with Crippen molar-refractivity contribution in [2.24, 2.45) is 0 Å². The lowest BCUT2D eigenvalue weighted by Gasteiger charge is -2.08. The molecule has 3 N–H and O–H groups in total. The molecule has 0 aliphatic carbocycles. The predicted octanol–water partition coefficient (Wildman–Crippen LogP) is 0.274. The fourth-order valence-corrected chi connectivity index (χ4v) is 2.33. The number of carbonyl (C=O) groups is 1. The van der Waals surface area contributed by atoms with Crippen molar-refractivity contribution in [3.05, 3.63) is 24.3 Å². The molecule has 0 fully saturated rings. The summed E-state index contributed by atoms with van der Waals surface area (Å²) in [4.78, 5) is 10.3. The molecule has 0 saturated heterocycles. The summed E-state index contributed by atoms with van der Waals surface area (Å²) in [5, 5.41) is 10.5. The highest BCUT2D eigenvalue weighted by Gasteiger charge is 2.10. The van der Waals surface area contributed by atoms with Crippen molar-refractivity contribution >= 4 is 16.1 Å². The van der Waals surface area contributed by atoms with Crippen molar-refractivity contribution in [2.75, 3.05) is 46.6 Å². The van der Waals surface area contributed by atoms with Gasteiger partial charge in [-0.2, -0.15) is 0 Å². The van der Waals surface area contributed by atoms with Gasteiger partial charge in [-0.05, 0) is 31.3 Å². The van der Waals surface area contributed by atoms with Gasteiger partial charge in [-0.3, -0.25) is 0 Å². The first-order valence-corrected chi connectivity index (χ1v) is 8.72. The second kappa shape index (κ2) is 10.8. The molecule has 0 spiro atoms. The minimum Gasteiger partial charge on any atom is -0.491 e. The van der Waals surface area contributed by atoms with Crippen LogP contribution in [-0.2, 0) is 19.5 Å². The maximum atomic E-state index is 11.6. The van der Waals surface area contributed by atoms with E-state index in [0.717, 1.165) is 0 Å². The van der Waals surface area contributed by atoms with Gasteiger partial charge in [-0.1, -0.05) is 0 Å². The molecule has 1 aromatic rings. The van der Waals surface area contributed by atoms with Crippen LogP contribution < -0.4 is 14.8 Å². The first-order chi connectivity index (χ1) is 11.5. The third-order valence-corrected chi connectivity index (χ3v) is 4.22. The number of amides is 1. The van der Waals surface area contributed by atoms with E-state index in [-0.39, 0.29) is 18.0 Å². The fourth-order valence-electron chi connectivity index (χ4n) is 1.60. The topological polar surface area (TPSA) is 123 Å². The summed E-state index contributed by atoms with van der Waals surface area (Å²) >= 11 is 0. The number of sulfonamides is 1. The molecular formula is C14H22N2O7S. The molecule has 0 aliphatic heterocycles. The molecule has 0 radical (unpaired) electrons. The second-order valence-corrected chi connectivity index (χ2v) is 6.37. The first kappa shape index (κ1) is 20.2. The van der Waals surface area contributed by atoms with Crippen LogP contribution in [0.5, 0.6) is 5.75 Å². The van der Waals surface area contributed by atoms with E-state index < -0.39 is 16.1 Å². The number of hydrogen-bond donors (Lipinski definition) is 3. The van der Waals surface area contributed by atoms with E-state index >= 15 is 0 Å². The fraction of sp³-hybridized carbons (Fsp3) is 0.500. The quantitative estimate of drug-likeness (QED) is 0.456. The summed E-state index contributed by atoms with van der Waals surface area (Å²) in [6, 6.07) is 6.06. The van der Waals surface area contributed by atoms with E-state index in [1.807, 2.05) is 0 Å². The van der Waals surface area contributed by atoms with Gasteiger partial charge >= 0.3 is 6.09 Å². The van der Waals surface area contributed by atoms with Crippen LogP contribution in [0, 0.1) is 0 Å². The number of ether oxygens (including phenoxy) is 3. The molecule has 0 aliphatic rings. The van der Waals surface area contributed by atoms with Crippen LogP contribution in [0.25, 0.3) is 0 Å². The minimum atomic E-state index is -3.44. The zero-order valence-electron chi connectivity index (χ0n) is 13.4. The molecule has 1 rings (SSSR count). The summed E-state index contributed by atoms with van der Waals surface area (Å²) < 4.78 is 41.2. The summed E-state index contributed by atoms with van der Waals surface area (Å²) in [5.74, 6) is 0.546. The average Bonchev–Trinajstić information content (AvgIpc) is 2.56. The predicted molar refractivity (Wildman–Crippen MR) is 85.8 cm³/mol. The largest absolute Gasteiger partial charge is 0.491 e. The Morgan fingerprint density at radius 1 is 1.04 bits per heavy atom.